The van der Waals surface area contributed by atoms with Gasteiger partial charge in [-0.1, -0.05) is 37.3 Å². The minimum atomic E-state index is 0. The summed E-state index contributed by atoms with van der Waals surface area (Å²) in [4.78, 5) is 7.67. The van der Waals surface area contributed by atoms with Crippen molar-refractivity contribution in [1.82, 2.24) is 4.90 Å². The van der Waals surface area contributed by atoms with E-state index in [1.54, 1.807) is 7.11 Å². The number of rotatable bonds is 2. The molecule has 0 aromatic heterocycles. The summed E-state index contributed by atoms with van der Waals surface area (Å²) in [7, 11) is 4.00. The average Bonchev–Trinajstić information content (AvgIpc) is 2.39. The molecule has 0 aromatic carbocycles. The minimum Gasteiger partial charge on any atom is -0.399 e. The van der Waals surface area contributed by atoms with Crippen molar-refractivity contribution >= 4 is 18.1 Å². The van der Waals surface area contributed by atoms with Gasteiger partial charge in [0.2, 0.25) is 0 Å². The zero-order chi connectivity index (χ0) is 14.2. The first-order valence-electron chi connectivity index (χ1n) is 8.60. The van der Waals surface area contributed by atoms with Crippen molar-refractivity contribution in [2.24, 2.45) is 11.1 Å². The number of hydrogen-bond donors (Lipinski definition) is 0. The quantitative estimate of drug-likeness (QED) is 0.693. The van der Waals surface area contributed by atoms with Gasteiger partial charge in [0.1, 0.15) is 7.11 Å². The van der Waals surface area contributed by atoms with Crippen LogP contribution in [0.25, 0.3) is 0 Å². The van der Waals surface area contributed by atoms with Crippen LogP contribution in [0.4, 0.5) is 0 Å². The molecule has 0 bridgehead atoms. The number of hydrogen-bond acceptors (Lipinski definition) is 3. The first kappa shape index (κ1) is 18.8. The van der Waals surface area contributed by atoms with Crippen molar-refractivity contribution in [1.29, 1.82) is 0 Å². The van der Waals surface area contributed by atoms with Crippen LogP contribution in [-0.2, 0) is 4.84 Å². The predicted molar refractivity (Wildman–Crippen MR) is 92.4 cm³/mol. The molecule has 21 heavy (non-hydrogen) atoms. The Labute approximate surface area is 136 Å². The molecule has 2 rings (SSSR count). The maximum Gasteiger partial charge on any atom is 0.106 e. The molecule has 1 aliphatic heterocycles. The topological polar surface area (TPSA) is 24.8 Å². The van der Waals surface area contributed by atoms with Gasteiger partial charge in [0, 0.05) is 12.5 Å². The van der Waals surface area contributed by atoms with Crippen LogP contribution in [0.3, 0.4) is 0 Å². The minimum absolute atomic E-state index is 0. The highest BCUT2D eigenvalue weighted by Crippen LogP contribution is 2.30. The third-order valence-corrected chi connectivity index (χ3v) is 5.15. The lowest BCUT2D eigenvalue weighted by Gasteiger charge is -2.37. The van der Waals surface area contributed by atoms with Gasteiger partial charge in [-0.25, -0.2) is 0 Å². The molecule has 124 valence electrons. The van der Waals surface area contributed by atoms with E-state index < -0.39 is 0 Å². The Morgan fingerprint density at radius 3 is 2.33 bits per heavy atom. The molecule has 2 fully saturated rings. The SMILES string of the molecule is CON=C1CCCCN(C)C(C2CCCCCCC2)C1.Cl. The molecule has 0 aromatic rings. The summed E-state index contributed by atoms with van der Waals surface area (Å²) in [6.07, 6.45) is 14.8. The number of nitrogens with zero attached hydrogens (tertiary/aromatic N) is 2. The number of halogens is 1. The average molecular weight is 317 g/mol. The summed E-state index contributed by atoms with van der Waals surface area (Å²) in [6.45, 7) is 1.25. The van der Waals surface area contributed by atoms with Gasteiger partial charge in [0.05, 0.1) is 5.71 Å². The van der Waals surface area contributed by atoms with Crippen molar-refractivity contribution in [3.8, 4) is 0 Å². The van der Waals surface area contributed by atoms with Gasteiger partial charge in [-0.2, -0.15) is 0 Å². The van der Waals surface area contributed by atoms with Gasteiger partial charge < -0.3 is 9.74 Å². The molecule has 0 amide bonds. The summed E-state index contributed by atoms with van der Waals surface area (Å²) in [5.74, 6) is 0.862. The highest BCUT2D eigenvalue weighted by atomic mass is 35.5. The second-order valence-electron chi connectivity index (χ2n) is 6.65. The molecule has 4 heteroatoms. The van der Waals surface area contributed by atoms with Crippen LogP contribution in [-0.4, -0.2) is 37.4 Å². The molecule has 3 nitrogen and oxygen atoms in total. The molecule has 0 N–H and O–H groups in total. The van der Waals surface area contributed by atoms with Crippen molar-refractivity contribution < 1.29 is 4.84 Å². The van der Waals surface area contributed by atoms with E-state index in [0.29, 0.717) is 6.04 Å². The van der Waals surface area contributed by atoms with Crippen molar-refractivity contribution in [2.45, 2.75) is 76.7 Å². The third-order valence-electron chi connectivity index (χ3n) is 5.15. The second-order valence-corrected chi connectivity index (χ2v) is 6.65. The first-order chi connectivity index (χ1) is 9.81. The maximum absolute atomic E-state index is 5.06. The lowest BCUT2D eigenvalue weighted by atomic mass is 9.82. The second kappa shape index (κ2) is 10.4. The Kier molecular flexibility index (Phi) is 9.34. The number of likely N-dealkylation sites (tertiary alicyclic amines) is 1. The maximum atomic E-state index is 5.06. The lowest BCUT2D eigenvalue weighted by molar-refractivity contribution is 0.147. The van der Waals surface area contributed by atoms with Crippen LogP contribution in [0, 0.1) is 5.92 Å². The van der Waals surface area contributed by atoms with Gasteiger partial charge in [0.15, 0.2) is 0 Å². The normalized spacial score (nSPS) is 28.9. The molecule has 2 aliphatic rings. The first-order valence-corrected chi connectivity index (χ1v) is 8.60. The molecular weight excluding hydrogens is 284 g/mol. The summed E-state index contributed by atoms with van der Waals surface area (Å²) < 4.78 is 0. The molecule has 1 saturated heterocycles. The Balaban J connectivity index is 0.00000220. The van der Waals surface area contributed by atoms with E-state index in [1.807, 2.05) is 0 Å². The van der Waals surface area contributed by atoms with E-state index >= 15 is 0 Å². The van der Waals surface area contributed by atoms with Gasteiger partial charge in [-0.15, -0.1) is 12.4 Å². The van der Waals surface area contributed by atoms with Crippen LogP contribution in [0.2, 0.25) is 0 Å². The summed E-state index contributed by atoms with van der Waals surface area (Å²) in [5, 5.41) is 4.30. The molecule has 1 saturated carbocycles. The van der Waals surface area contributed by atoms with Gasteiger partial charge in [-0.05, 0) is 51.6 Å². The monoisotopic (exact) mass is 316 g/mol. The van der Waals surface area contributed by atoms with Crippen LogP contribution in [0.1, 0.15) is 70.6 Å². The van der Waals surface area contributed by atoms with Crippen LogP contribution < -0.4 is 0 Å². The molecule has 0 spiro atoms. The van der Waals surface area contributed by atoms with Crippen molar-refractivity contribution in [3.05, 3.63) is 0 Å². The van der Waals surface area contributed by atoms with Crippen LogP contribution in [0.5, 0.6) is 0 Å². The van der Waals surface area contributed by atoms with Gasteiger partial charge >= 0.3 is 0 Å². The standard InChI is InChI=1S/C17H32N2O.ClH/c1-19-13-9-8-12-16(18-20-2)14-17(19)15-10-6-4-3-5-7-11-15;/h15,17H,3-14H2,1-2H3;1H. The molecule has 1 heterocycles. The zero-order valence-corrected chi connectivity index (χ0v) is 14.7. The van der Waals surface area contributed by atoms with E-state index in [0.717, 1.165) is 18.8 Å². The summed E-state index contributed by atoms with van der Waals surface area (Å²) in [6, 6.07) is 0.683. The van der Waals surface area contributed by atoms with E-state index in [-0.39, 0.29) is 12.4 Å². The molecule has 1 atom stereocenters. The van der Waals surface area contributed by atoms with Gasteiger partial charge in [0.25, 0.3) is 0 Å². The lowest BCUT2D eigenvalue weighted by Crippen LogP contribution is -2.41. The van der Waals surface area contributed by atoms with Crippen LogP contribution >= 0.6 is 12.4 Å². The van der Waals surface area contributed by atoms with Gasteiger partial charge in [-0.3, -0.25) is 0 Å². The van der Waals surface area contributed by atoms with E-state index in [4.69, 9.17) is 4.84 Å². The Morgan fingerprint density at radius 1 is 1.00 bits per heavy atom. The van der Waals surface area contributed by atoms with Crippen LogP contribution in [0.15, 0.2) is 5.16 Å². The molecule has 0 radical (unpaired) electrons. The fraction of sp³-hybridized carbons (Fsp3) is 0.941. The molecule has 1 aliphatic carbocycles. The summed E-state index contributed by atoms with van der Waals surface area (Å²) >= 11 is 0. The Bertz CT molecular complexity index is 301. The highest BCUT2D eigenvalue weighted by molar-refractivity contribution is 5.85. The Morgan fingerprint density at radius 2 is 1.67 bits per heavy atom. The smallest absolute Gasteiger partial charge is 0.106 e. The molecular formula is C17H33ClN2O. The highest BCUT2D eigenvalue weighted by Gasteiger charge is 2.28. The fourth-order valence-corrected chi connectivity index (χ4v) is 3.97. The third kappa shape index (κ3) is 6.15. The summed E-state index contributed by atoms with van der Waals surface area (Å²) in [5.41, 5.74) is 1.28. The number of oxime groups is 1. The zero-order valence-electron chi connectivity index (χ0n) is 13.9. The Hall–Kier alpha value is -0.280. The van der Waals surface area contributed by atoms with Crippen molar-refractivity contribution in [3.63, 3.8) is 0 Å². The van der Waals surface area contributed by atoms with E-state index in [2.05, 4.69) is 17.1 Å². The van der Waals surface area contributed by atoms with Crippen molar-refractivity contribution in [2.75, 3.05) is 20.7 Å². The largest absolute Gasteiger partial charge is 0.399 e. The van der Waals surface area contributed by atoms with E-state index in [1.165, 1.54) is 70.0 Å². The van der Waals surface area contributed by atoms with E-state index in [9.17, 15) is 0 Å². The fourth-order valence-electron chi connectivity index (χ4n) is 3.97. The molecule has 1 unspecified atom stereocenters. The predicted octanol–water partition coefficient (Wildman–Crippen LogP) is 4.65.